The van der Waals surface area contributed by atoms with Crippen LogP contribution in [0.4, 0.5) is 0 Å². The van der Waals surface area contributed by atoms with Crippen molar-refractivity contribution in [1.29, 1.82) is 0 Å². The molecule has 0 N–H and O–H groups in total. The molecule has 0 amide bonds. The molecule has 0 radical (unpaired) electrons. The van der Waals surface area contributed by atoms with Crippen molar-refractivity contribution >= 4 is 0 Å². The fraction of sp³-hybridized carbons (Fsp3) is 0.500. The maximum atomic E-state index is 2.29. The van der Waals surface area contributed by atoms with Gasteiger partial charge < -0.3 is 0 Å². The Morgan fingerprint density at radius 1 is 0.385 bits per heavy atom. The summed E-state index contributed by atoms with van der Waals surface area (Å²) in [5.41, 5.74) is 0. The first-order valence-corrected chi connectivity index (χ1v) is 4.95. The van der Waals surface area contributed by atoms with Gasteiger partial charge in [-0.1, -0.05) is 36.5 Å². The van der Waals surface area contributed by atoms with Gasteiger partial charge in [-0.2, -0.15) is 0 Å². The molecule has 0 heterocycles. The van der Waals surface area contributed by atoms with Gasteiger partial charge in [-0.05, 0) is 38.5 Å². The average Bonchev–Trinajstić information content (AvgIpc) is 2.05. The summed E-state index contributed by atoms with van der Waals surface area (Å²) in [5, 5.41) is 0. The van der Waals surface area contributed by atoms with Crippen LogP contribution in [0.25, 0.3) is 0 Å². The molecular weight excluding hydrogens is 203 g/mol. The quantitative estimate of drug-likeness (QED) is 0.428. The molecule has 1 heteroatoms. The van der Waals surface area contributed by atoms with Gasteiger partial charge in [0.25, 0.3) is 0 Å². The van der Waals surface area contributed by atoms with Crippen LogP contribution in [-0.2, 0) is 16.5 Å². The second-order valence-electron chi connectivity index (χ2n) is 3.15. The first-order chi connectivity index (χ1) is 6.00. The number of allylic oxidation sites excluding steroid dienone is 6. The van der Waals surface area contributed by atoms with Crippen LogP contribution in [0.1, 0.15) is 38.5 Å². The van der Waals surface area contributed by atoms with Gasteiger partial charge >= 0.3 is 0 Å². The van der Waals surface area contributed by atoms with Crippen molar-refractivity contribution in [3.8, 4) is 0 Å². The summed E-state index contributed by atoms with van der Waals surface area (Å²) in [6.07, 6.45) is 21.0. The van der Waals surface area contributed by atoms with Gasteiger partial charge in [0.2, 0.25) is 0 Å². The van der Waals surface area contributed by atoms with Gasteiger partial charge in [-0.15, -0.1) is 0 Å². The molecular formula is C12H18Ni. The molecule has 0 aromatic rings. The van der Waals surface area contributed by atoms with Crippen molar-refractivity contribution in [2.75, 3.05) is 0 Å². The van der Waals surface area contributed by atoms with Crippen molar-refractivity contribution < 1.29 is 16.5 Å². The fourth-order valence-corrected chi connectivity index (χ4v) is 1.28. The smallest absolute Gasteiger partial charge is 0 e. The molecule has 0 saturated carbocycles. The zero-order chi connectivity index (χ0) is 8.49. The maximum absolute atomic E-state index is 2.29. The molecule has 0 aromatic carbocycles. The largest absolute Gasteiger partial charge is 0.0882 e. The topological polar surface area (TPSA) is 0 Å². The zero-order valence-electron chi connectivity index (χ0n) is 8.02. The molecule has 1 rings (SSSR count). The monoisotopic (exact) mass is 220 g/mol. The molecule has 76 valence electrons. The van der Waals surface area contributed by atoms with Gasteiger partial charge in [0.15, 0.2) is 0 Å². The number of rotatable bonds is 0. The van der Waals surface area contributed by atoms with Crippen LogP contribution < -0.4 is 0 Å². The summed E-state index contributed by atoms with van der Waals surface area (Å²) in [5.74, 6) is 0. The molecule has 1 aliphatic carbocycles. The predicted molar refractivity (Wildman–Crippen MR) is 55.1 cm³/mol. The summed E-state index contributed by atoms with van der Waals surface area (Å²) < 4.78 is 0. The Kier molecular flexibility index (Phi) is 9.58. The molecule has 0 nitrogen and oxygen atoms in total. The summed E-state index contributed by atoms with van der Waals surface area (Å²) in [6, 6.07) is 0. The fourth-order valence-electron chi connectivity index (χ4n) is 1.28. The molecule has 0 bridgehead atoms. The first-order valence-electron chi connectivity index (χ1n) is 4.95. The first kappa shape index (κ1) is 12.7. The van der Waals surface area contributed by atoms with E-state index in [1.54, 1.807) is 0 Å². The summed E-state index contributed by atoms with van der Waals surface area (Å²) in [7, 11) is 0. The molecule has 0 aliphatic heterocycles. The number of hydrogen-bond acceptors (Lipinski definition) is 0. The maximum Gasteiger partial charge on any atom is 0 e. The van der Waals surface area contributed by atoms with E-state index in [0.717, 1.165) is 0 Å². The molecule has 0 atom stereocenters. The Morgan fingerprint density at radius 3 is 0.692 bits per heavy atom. The number of hydrogen-bond donors (Lipinski definition) is 0. The van der Waals surface area contributed by atoms with Crippen molar-refractivity contribution in [3.63, 3.8) is 0 Å². The van der Waals surface area contributed by atoms with E-state index in [4.69, 9.17) is 0 Å². The van der Waals surface area contributed by atoms with Gasteiger partial charge in [0.1, 0.15) is 0 Å². The molecule has 0 aromatic heterocycles. The molecule has 0 fully saturated rings. The summed E-state index contributed by atoms with van der Waals surface area (Å²) in [4.78, 5) is 0. The molecule has 0 spiro atoms. The minimum Gasteiger partial charge on any atom is -0.0882 e. The van der Waals surface area contributed by atoms with E-state index in [9.17, 15) is 0 Å². The molecule has 1 aliphatic rings. The third kappa shape index (κ3) is 8.05. The van der Waals surface area contributed by atoms with Crippen LogP contribution in [0.2, 0.25) is 0 Å². The van der Waals surface area contributed by atoms with Crippen molar-refractivity contribution in [1.82, 2.24) is 0 Å². The zero-order valence-corrected chi connectivity index (χ0v) is 9.01. The molecule has 0 unspecified atom stereocenters. The van der Waals surface area contributed by atoms with Crippen molar-refractivity contribution in [2.45, 2.75) is 38.5 Å². The molecule has 0 saturated heterocycles. The van der Waals surface area contributed by atoms with Gasteiger partial charge in [-0.25, -0.2) is 0 Å². The molecule has 13 heavy (non-hydrogen) atoms. The van der Waals surface area contributed by atoms with Crippen LogP contribution in [0.5, 0.6) is 0 Å². The van der Waals surface area contributed by atoms with E-state index in [1.165, 1.54) is 38.5 Å². The normalized spacial score (nSPS) is 23.4. The Morgan fingerprint density at radius 2 is 0.538 bits per heavy atom. The SMILES string of the molecule is C1=CCC/C=C/CC/C=C/CC1.[Ni]. The minimum absolute atomic E-state index is 0. The van der Waals surface area contributed by atoms with E-state index >= 15 is 0 Å². The second-order valence-corrected chi connectivity index (χ2v) is 3.15. The van der Waals surface area contributed by atoms with E-state index in [2.05, 4.69) is 36.5 Å². The van der Waals surface area contributed by atoms with E-state index in [0.29, 0.717) is 0 Å². The van der Waals surface area contributed by atoms with Crippen molar-refractivity contribution in [2.24, 2.45) is 0 Å². The average molecular weight is 221 g/mol. The Labute approximate surface area is 91.7 Å². The van der Waals surface area contributed by atoms with Crippen LogP contribution in [0, 0.1) is 0 Å². The van der Waals surface area contributed by atoms with Gasteiger partial charge in [-0.3, -0.25) is 0 Å². The Balaban J connectivity index is 0.00000144. The summed E-state index contributed by atoms with van der Waals surface area (Å²) >= 11 is 0. The second kappa shape index (κ2) is 9.80. The predicted octanol–water partition coefficient (Wildman–Crippen LogP) is 4.01. The van der Waals surface area contributed by atoms with E-state index < -0.39 is 0 Å². The standard InChI is InChI=1S/C12H18.Ni/c1-2-4-6-8-10-12-11-9-7-5-3-1;/h1-2,7-10H,3-6,11-12H2;/b2-1+,9-7+,10-8?;. The minimum atomic E-state index is 0. The third-order valence-corrected chi connectivity index (χ3v) is 2.00. The Hall–Kier alpha value is -0.286. The van der Waals surface area contributed by atoms with Gasteiger partial charge in [0, 0.05) is 16.5 Å². The summed E-state index contributed by atoms with van der Waals surface area (Å²) in [6.45, 7) is 0. The Bertz CT molecular complexity index is 126. The van der Waals surface area contributed by atoms with Crippen LogP contribution in [0.3, 0.4) is 0 Å². The van der Waals surface area contributed by atoms with Crippen molar-refractivity contribution in [3.05, 3.63) is 36.5 Å². The van der Waals surface area contributed by atoms with Crippen LogP contribution in [0.15, 0.2) is 36.5 Å². The van der Waals surface area contributed by atoms with E-state index in [1.807, 2.05) is 0 Å². The van der Waals surface area contributed by atoms with Crippen LogP contribution in [-0.4, -0.2) is 0 Å². The van der Waals surface area contributed by atoms with Crippen LogP contribution >= 0.6 is 0 Å². The van der Waals surface area contributed by atoms with Gasteiger partial charge in [0.05, 0.1) is 0 Å². The van der Waals surface area contributed by atoms with E-state index in [-0.39, 0.29) is 16.5 Å². The third-order valence-electron chi connectivity index (χ3n) is 2.00.